The van der Waals surface area contributed by atoms with E-state index in [1.807, 2.05) is 0 Å². The summed E-state index contributed by atoms with van der Waals surface area (Å²) in [5.74, 6) is 0.813. The Morgan fingerprint density at radius 3 is 1.94 bits per heavy atom. The standard InChI is InChI=1S/C12H18.C3H9N.H3N.H2O.H2/c1-4-10(2)9-12-7-5-11(3)6-8-12;1-2-3-4;;;/h5-8,10H,4,9H2,1-3H3;2-4H2,1H3;1H3;1H2;1H. The Morgan fingerprint density at radius 2 is 1.61 bits per heavy atom. The van der Waals surface area contributed by atoms with Crippen LogP contribution < -0.4 is 11.9 Å². The van der Waals surface area contributed by atoms with Gasteiger partial charge in [-0.25, -0.2) is 0 Å². The third kappa shape index (κ3) is 11.6. The van der Waals surface area contributed by atoms with Crippen molar-refractivity contribution in [2.24, 2.45) is 11.7 Å². The molecule has 0 fully saturated rings. The molecule has 0 aromatic heterocycles. The minimum absolute atomic E-state index is 0. The second-order valence-electron chi connectivity index (χ2n) is 4.49. The number of nitrogens with two attached hydrogens (primary N) is 1. The maximum absolute atomic E-state index is 5.03. The summed E-state index contributed by atoms with van der Waals surface area (Å²) in [6.07, 6.45) is 3.59. The molecule has 3 nitrogen and oxygen atoms in total. The van der Waals surface area contributed by atoms with E-state index in [2.05, 4.69) is 52.0 Å². The van der Waals surface area contributed by atoms with Gasteiger partial charge in [0, 0.05) is 1.43 Å². The molecule has 0 aliphatic heterocycles. The molecule has 0 bridgehead atoms. The lowest BCUT2D eigenvalue weighted by molar-refractivity contribution is 0.560. The van der Waals surface area contributed by atoms with Crippen molar-refractivity contribution < 1.29 is 6.90 Å². The molecule has 1 aromatic carbocycles. The minimum Gasteiger partial charge on any atom is -0.412 e. The monoisotopic (exact) mass is 258 g/mol. The van der Waals surface area contributed by atoms with Crippen LogP contribution in [-0.4, -0.2) is 12.0 Å². The smallest absolute Gasteiger partial charge is 0 e. The van der Waals surface area contributed by atoms with Crippen LogP contribution in [0, 0.1) is 12.8 Å². The van der Waals surface area contributed by atoms with Crippen LogP contribution in [0.3, 0.4) is 0 Å². The summed E-state index contributed by atoms with van der Waals surface area (Å²) < 4.78 is 0. The molecule has 1 atom stereocenters. The van der Waals surface area contributed by atoms with Gasteiger partial charge in [0.2, 0.25) is 0 Å². The Morgan fingerprint density at radius 1 is 1.17 bits per heavy atom. The largest absolute Gasteiger partial charge is 0.412 e. The average molecular weight is 258 g/mol. The number of hydrogen-bond donors (Lipinski definition) is 2. The SMILES string of the molecule is CCC(C)Cc1ccc(C)cc1.CCCN.N.O.[HH]. The van der Waals surface area contributed by atoms with Crippen LogP contribution in [0.5, 0.6) is 0 Å². The van der Waals surface area contributed by atoms with E-state index in [4.69, 9.17) is 5.73 Å². The quantitative estimate of drug-likeness (QED) is 0.864. The van der Waals surface area contributed by atoms with Gasteiger partial charge in [0.25, 0.3) is 0 Å². The molecular formula is C15H34N2O. The first-order chi connectivity index (χ1) is 7.63. The van der Waals surface area contributed by atoms with Gasteiger partial charge in [-0.2, -0.15) is 0 Å². The Bertz CT molecular complexity index is 263. The molecule has 0 heterocycles. The predicted molar refractivity (Wildman–Crippen MR) is 84.4 cm³/mol. The van der Waals surface area contributed by atoms with Gasteiger partial charge in [0.1, 0.15) is 0 Å². The molecule has 0 radical (unpaired) electrons. The van der Waals surface area contributed by atoms with Crippen molar-refractivity contribution in [1.29, 1.82) is 0 Å². The van der Waals surface area contributed by atoms with Crippen LogP contribution >= 0.6 is 0 Å². The van der Waals surface area contributed by atoms with Crippen LogP contribution in [0.15, 0.2) is 24.3 Å². The summed E-state index contributed by atoms with van der Waals surface area (Å²) in [4.78, 5) is 0. The Kier molecular flexibility index (Phi) is 17.5. The third-order valence-electron chi connectivity index (χ3n) is 2.69. The third-order valence-corrected chi connectivity index (χ3v) is 2.69. The summed E-state index contributed by atoms with van der Waals surface area (Å²) >= 11 is 0. The second kappa shape index (κ2) is 14.2. The minimum atomic E-state index is 0. The van der Waals surface area contributed by atoms with E-state index >= 15 is 0 Å². The molecule has 0 saturated carbocycles. The fourth-order valence-electron chi connectivity index (χ4n) is 1.27. The molecule has 1 rings (SSSR count). The van der Waals surface area contributed by atoms with Gasteiger partial charge >= 0.3 is 0 Å². The molecule has 0 spiro atoms. The van der Waals surface area contributed by atoms with Crippen molar-refractivity contribution in [3.63, 3.8) is 0 Å². The summed E-state index contributed by atoms with van der Waals surface area (Å²) in [5, 5.41) is 0. The molecule has 0 amide bonds. The molecule has 0 aliphatic carbocycles. The first kappa shape index (κ1) is 22.3. The molecule has 1 unspecified atom stereocenters. The zero-order valence-electron chi connectivity index (χ0n) is 12.5. The summed E-state index contributed by atoms with van der Waals surface area (Å²) in [5.41, 5.74) is 7.85. The van der Waals surface area contributed by atoms with Gasteiger partial charge < -0.3 is 17.4 Å². The van der Waals surface area contributed by atoms with Crippen molar-refractivity contribution in [2.75, 3.05) is 6.54 Å². The zero-order valence-corrected chi connectivity index (χ0v) is 12.5. The molecule has 0 saturated heterocycles. The fraction of sp³-hybridized carbons (Fsp3) is 0.600. The second-order valence-corrected chi connectivity index (χ2v) is 4.49. The van der Waals surface area contributed by atoms with Crippen molar-refractivity contribution in [3.05, 3.63) is 35.4 Å². The molecule has 110 valence electrons. The Labute approximate surface area is 114 Å². The van der Waals surface area contributed by atoms with Crippen molar-refractivity contribution in [3.8, 4) is 0 Å². The lowest BCUT2D eigenvalue weighted by Gasteiger charge is -2.07. The van der Waals surface area contributed by atoms with Crippen LogP contribution in [0.2, 0.25) is 0 Å². The molecule has 7 N–H and O–H groups in total. The maximum atomic E-state index is 5.03. The topological polar surface area (TPSA) is 92.5 Å². The van der Waals surface area contributed by atoms with Gasteiger partial charge in [-0.05, 0) is 37.8 Å². The van der Waals surface area contributed by atoms with Gasteiger partial charge in [0.05, 0.1) is 0 Å². The van der Waals surface area contributed by atoms with Gasteiger partial charge in [-0.15, -0.1) is 0 Å². The first-order valence-corrected chi connectivity index (χ1v) is 6.39. The molecular weight excluding hydrogens is 224 g/mol. The number of aryl methyl sites for hydroxylation is 1. The van der Waals surface area contributed by atoms with E-state index in [0.29, 0.717) is 0 Å². The molecule has 1 aromatic rings. The molecule has 3 heteroatoms. The van der Waals surface area contributed by atoms with Crippen molar-refractivity contribution in [1.82, 2.24) is 6.15 Å². The van der Waals surface area contributed by atoms with Crippen LogP contribution in [0.4, 0.5) is 0 Å². The van der Waals surface area contributed by atoms with E-state index in [9.17, 15) is 0 Å². The highest BCUT2D eigenvalue weighted by Crippen LogP contribution is 2.11. The normalized spacial score (nSPS) is 10.3. The lowest BCUT2D eigenvalue weighted by atomic mass is 9.98. The summed E-state index contributed by atoms with van der Waals surface area (Å²) in [7, 11) is 0. The van der Waals surface area contributed by atoms with Gasteiger partial charge in [0.15, 0.2) is 0 Å². The van der Waals surface area contributed by atoms with E-state index < -0.39 is 0 Å². The van der Waals surface area contributed by atoms with Crippen LogP contribution in [-0.2, 0) is 6.42 Å². The fourth-order valence-corrected chi connectivity index (χ4v) is 1.27. The Hall–Kier alpha value is -0.900. The molecule has 0 aliphatic rings. The average Bonchev–Trinajstić information content (AvgIpc) is 2.32. The number of rotatable bonds is 4. The van der Waals surface area contributed by atoms with E-state index in [1.165, 1.54) is 24.0 Å². The number of benzene rings is 1. The zero-order chi connectivity index (χ0) is 12.4. The summed E-state index contributed by atoms with van der Waals surface area (Å²) in [6, 6.07) is 8.86. The maximum Gasteiger partial charge on any atom is 0 e. The van der Waals surface area contributed by atoms with E-state index in [-0.39, 0.29) is 13.1 Å². The first-order valence-electron chi connectivity index (χ1n) is 6.39. The Balaban J connectivity index is -0.000000144. The van der Waals surface area contributed by atoms with Crippen molar-refractivity contribution >= 4 is 0 Å². The number of hydrogen-bond acceptors (Lipinski definition) is 2. The lowest BCUT2D eigenvalue weighted by Crippen LogP contribution is -1.97. The van der Waals surface area contributed by atoms with Crippen LogP contribution in [0.25, 0.3) is 0 Å². The molecule has 18 heavy (non-hydrogen) atoms. The van der Waals surface area contributed by atoms with E-state index in [0.717, 1.165) is 18.9 Å². The highest BCUT2D eigenvalue weighted by Gasteiger charge is 1.99. The highest BCUT2D eigenvalue weighted by atomic mass is 16.0. The summed E-state index contributed by atoms with van der Waals surface area (Å²) in [6.45, 7) is 9.56. The van der Waals surface area contributed by atoms with Crippen molar-refractivity contribution in [2.45, 2.75) is 47.0 Å². The van der Waals surface area contributed by atoms with Gasteiger partial charge in [-0.1, -0.05) is 57.0 Å². The highest BCUT2D eigenvalue weighted by molar-refractivity contribution is 5.21. The van der Waals surface area contributed by atoms with Gasteiger partial charge in [-0.3, -0.25) is 0 Å². The van der Waals surface area contributed by atoms with Crippen LogP contribution in [0.1, 0.15) is 46.2 Å². The predicted octanol–water partition coefficient (Wildman–Crippen LogP) is 3.52. The van der Waals surface area contributed by atoms with E-state index in [1.54, 1.807) is 0 Å².